The van der Waals surface area contributed by atoms with E-state index in [4.69, 9.17) is 10.8 Å². The van der Waals surface area contributed by atoms with Crippen molar-refractivity contribution in [2.24, 2.45) is 17.6 Å². The molecule has 0 saturated heterocycles. The zero-order chi connectivity index (χ0) is 16.8. The monoisotopic (exact) mass is 296 g/mol. The van der Waals surface area contributed by atoms with E-state index in [0.717, 1.165) is 12.1 Å². The number of non-ortho nitro benzene ring substituents is 1. The average Bonchev–Trinajstić information content (AvgIpc) is 2.39. The minimum absolute atomic E-state index is 0.000000000000000222. The Bertz CT molecular complexity index is 436. The maximum atomic E-state index is 10.3. The van der Waals surface area contributed by atoms with Gasteiger partial charge in [0.1, 0.15) is 0 Å². The first-order valence-electron chi connectivity index (χ1n) is 6.76. The molecular formula is C15H24N2O4. The van der Waals surface area contributed by atoms with E-state index in [1.54, 1.807) is 0 Å². The van der Waals surface area contributed by atoms with Gasteiger partial charge in [0.05, 0.1) is 10.5 Å². The summed E-state index contributed by atoms with van der Waals surface area (Å²) >= 11 is 0. The maximum Gasteiger partial charge on any atom is 0.335 e. The van der Waals surface area contributed by atoms with Crippen LogP contribution in [0, 0.1) is 22.0 Å². The van der Waals surface area contributed by atoms with Crippen molar-refractivity contribution in [3.8, 4) is 0 Å². The number of hydrogen-bond acceptors (Lipinski definition) is 4. The summed E-state index contributed by atoms with van der Waals surface area (Å²) in [5, 5.41) is 18.6. The minimum Gasteiger partial charge on any atom is -0.478 e. The van der Waals surface area contributed by atoms with Crippen LogP contribution in [0.15, 0.2) is 24.3 Å². The largest absolute Gasteiger partial charge is 0.478 e. The van der Waals surface area contributed by atoms with E-state index in [1.807, 2.05) is 0 Å². The highest BCUT2D eigenvalue weighted by atomic mass is 16.6. The molecule has 0 unspecified atom stereocenters. The van der Waals surface area contributed by atoms with Gasteiger partial charge in [-0.25, -0.2) is 4.79 Å². The van der Waals surface area contributed by atoms with E-state index in [0.29, 0.717) is 11.8 Å². The summed E-state index contributed by atoms with van der Waals surface area (Å²) in [5.74, 6) is 0.0416. The van der Waals surface area contributed by atoms with Crippen molar-refractivity contribution in [2.75, 3.05) is 0 Å². The third-order valence-corrected chi connectivity index (χ3v) is 3.81. The predicted molar refractivity (Wildman–Crippen MR) is 82.3 cm³/mol. The number of benzene rings is 1. The molecule has 0 aromatic heterocycles. The van der Waals surface area contributed by atoms with Crippen molar-refractivity contribution < 1.29 is 14.8 Å². The number of carboxylic acids is 1. The fourth-order valence-corrected chi connectivity index (χ4v) is 1.39. The quantitative estimate of drug-likeness (QED) is 0.654. The second kappa shape index (κ2) is 7.73. The van der Waals surface area contributed by atoms with E-state index >= 15 is 0 Å². The smallest absolute Gasteiger partial charge is 0.335 e. The Labute approximate surface area is 125 Å². The number of nitrogens with two attached hydrogens (primary N) is 1. The summed E-state index contributed by atoms with van der Waals surface area (Å²) < 4.78 is 0. The molecule has 6 nitrogen and oxygen atoms in total. The lowest BCUT2D eigenvalue weighted by atomic mass is 9.80. The number of rotatable bonds is 4. The summed E-state index contributed by atoms with van der Waals surface area (Å²) in [7, 11) is 0. The Morgan fingerprint density at radius 2 is 1.57 bits per heavy atom. The van der Waals surface area contributed by atoms with Gasteiger partial charge in [-0.15, -0.1) is 0 Å². The van der Waals surface area contributed by atoms with Gasteiger partial charge >= 0.3 is 5.97 Å². The maximum absolute atomic E-state index is 10.3. The van der Waals surface area contributed by atoms with Crippen LogP contribution in [0.1, 0.15) is 45.0 Å². The Hall–Kier alpha value is -1.95. The van der Waals surface area contributed by atoms with Crippen LogP contribution >= 0.6 is 0 Å². The molecule has 1 aromatic carbocycles. The Kier molecular flexibility index (Phi) is 7.01. The van der Waals surface area contributed by atoms with Gasteiger partial charge in [-0.1, -0.05) is 27.7 Å². The number of nitro benzene ring substituents is 1. The Balaban J connectivity index is 0.000000400. The highest BCUT2D eigenvalue weighted by Crippen LogP contribution is 2.21. The Morgan fingerprint density at radius 1 is 1.19 bits per heavy atom. The molecule has 0 aliphatic rings. The van der Waals surface area contributed by atoms with Gasteiger partial charge in [-0.05, 0) is 30.9 Å². The number of carboxylic acid groups (broad SMARTS) is 1. The molecular weight excluding hydrogens is 272 g/mol. The molecule has 0 saturated carbocycles. The number of nitrogens with zero attached hydrogens (tertiary/aromatic N) is 1. The number of aromatic carboxylic acids is 1. The summed E-state index contributed by atoms with van der Waals surface area (Å²) in [5.41, 5.74) is 5.93. The van der Waals surface area contributed by atoms with E-state index in [9.17, 15) is 14.9 Å². The molecule has 1 rings (SSSR count). The zero-order valence-corrected chi connectivity index (χ0v) is 13.2. The topological polar surface area (TPSA) is 106 Å². The van der Waals surface area contributed by atoms with Gasteiger partial charge in [0.25, 0.3) is 5.69 Å². The molecule has 0 atom stereocenters. The average molecular weight is 296 g/mol. The SMILES string of the molecule is CC(C)C(C)(N)C(C)C.O=C(O)c1ccc([N+](=O)[O-])cc1. The fraction of sp³-hybridized carbons (Fsp3) is 0.533. The van der Waals surface area contributed by atoms with Crippen molar-refractivity contribution in [2.45, 2.75) is 40.2 Å². The molecule has 0 spiro atoms. The standard InChI is InChI=1S/C8H19N.C7H5NO4/c1-6(2)8(5,9)7(3)4;9-7(10)5-1-3-6(4-2-5)8(11)12/h6-7H,9H2,1-5H3;1-4H,(H,9,10). The number of carbonyl (C=O) groups is 1. The molecule has 0 fully saturated rings. The van der Waals surface area contributed by atoms with Gasteiger partial charge in [0.2, 0.25) is 0 Å². The summed E-state index contributed by atoms with van der Waals surface area (Å²) in [6, 6.07) is 4.70. The van der Waals surface area contributed by atoms with Crippen LogP contribution in [-0.2, 0) is 0 Å². The molecule has 1 aromatic rings. The first-order chi connectivity index (χ1) is 9.50. The van der Waals surface area contributed by atoms with E-state index < -0.39 is 10.9 Å². The highest BCUT2D eigenvalue weighted by Gasteiger charge is 2.26. The first-order valence-corrected chi connectivity index (χ1v) is 6.76. The van der Waals surface area contributed by atoms with Crippen LogP contribution in [0.2, 0.25) is 0 Å². The second-order valence-electron chi connectivity index (χ2n) is 5.78. The molecule has 3 N–H and O–H groups in total. The van der Waals surface area contributed by atoms with Crippen LogP contribution in [0.3, 0.4) is 0 Å². The zero-order valence-electron chi connectivity index (χ0n) is 13.2. The third kappa shape index (κ3) is 5.91. The molecule has 21 heavy (non-hydrogen) atoms. The normalized spacial score (nSPS) is 11.0. The molecule has 0 radical (unpaired) electrons. The van der Waals surface area contributed by atoms with Gasteiger partial charge in [0.15, 0.2) is 0 Å². The summed E-state index contributed by atoms with van der Waals surface area (Å²) in [4.78, 5) is 19.9. The van der Waals surface area contributed by atoms with E-state index in [2.05, 4.69) is 34.6 Å². The van der Waals surface area contributed by atoms with E-state index in [-0.39, 0.29) is 16.8 Å². The third-order valence-electron chi connectivity index (χ3n) is 3.81. The van der Waals surface area contributed by atoms with Crippen LogP contribution in [0.4, 0.5) is 5.69 Å². The fourth-order valence-electron chi connectivity index (χ4n) is 1.39. The number of hydrogen-bond donors (Lipinski definition) is 2. The van der Waals surface area contributed by atoms with Crippen LogP contribution in [0.25, 0.3) is 0 Å². The van der Waals surface area contributed by atoms with Crippen LogP contribution < -0.4 is 5.73 Å². The first kappa shape index (κ1) is 19.1. The lowest BCUT2D eigenvalue weighted by Gasteiger charge is -2.33. The molecule has 118 valence electrons. The molecule has 0 amide bonds. The summed E-state index contributed by atoms with van der Waals surface area (Å²) in [6.45, 7) is 10.8. The molecule has 6 heteroatoms. The van der Waals surface area contributed by atoms with Gasteiger partial charge in [-0.2, -0.15) is 0 Å². The predicted octanol–water partition coefficient (Wildman–Crippen LogP) is 3.31. The molecule has 0 aliphatic heterocycles. The van der Waals surface area contributed by atoms with Gasteiger partial charge < -0.3 is 10.8 Å². The Morgan fingerprint density at radius 3 is 1.76 bits per heavy atom. The molecule has 0 aliphatic carbocycles. The van der Waals surface area contributed by atoms with Gasteiger partial charge in [0, 0.05) is 17.7 Å². The lowest BCUT2D eigenvalue weighted by Crippen LogP contribution is -2.46. The second-order valence-corrected chi connectivity index (χ2v) is 5.78. The minimum atomic E-state index is -1.09. The summed E-state index contributed by atoms with van der Waals surface area (Å²) in [6.07, 6.45) is 0. The molecule has 0 bridgehead atoms. The molecule has 0 heterocycles. The number of nitro groups is 1. The van der Waals surface area contributed by atoms with Crippen LogP contribution in [0.5, 0.6) is 0 Å². The van der Waals surface area contributed by atoms with Crippen molar-refractivity contribution in [1.29, 1.82) is 0 Å². The van der Waals surface area contributed by atoms with Crippen LogP contribution in [-0.4, -0.2) is 21.5 Å². The lowest BCUT2D eigenvalue weighted by molar-refractivity contribution is -0.384. The van der Waals surface area contributed by atoms with Crippen molar-refractivity contribution in [3.63, 3.8) is 0 Å². The van der Waals surface area contributed by atoms with Crippen molar-refractivity contribution in [1.82, 2.24) is 0 Å². The van der Waals surface area contributed by atoms with E-state index in [1.165, 1.54) is 12.1 Å². The highest BCUT2D eigenvalue weighted by molar-refractivity contribution is 5.87. The van der Waals surface area contributed by atoms with Crippen molar-refractivity contribution in [3.05, 3.63) is 39.9 Å². The van der Waals surface area contributed by atoms with Gasteiger partial charge in [-0.3, -0.25) is 10.1 Å². The van der Waals surface area contributed by atoms with Crippen molar-refractivity contribution >= 4 is 11.7 Å².